The highest BCUT2D eigenvalue weighted by atomic mass is 19.1. The molecule has 0 spiro atoms. The number of carbonyl (C=O) groups is 1. The van der Waals surface area contributed by atoms with Crippen molar-refractivity contribution in [3.05, 3.63) is 59.2 Å². The van der Waals surface area contributed by atoms with E-state index in [9.17, 15) is 9.18 Å². The maximum atomic E-state index is 14.3. The van der Waals surface area contributed by atoms with E-state index in [2.05, 4.69) is 15.2 Å². The van der Waals surface area contributed by atoms with Gasteiger partial charge >= 0.3 is 0 Å². The lowest BCUT2D eigenvalue weighted by Crippen LogP contribution is -2.44. The van der Waals surface area contributed by atoms with E-state index in [4.69, 9.17) is 4.74 Å². The Balaban J connectivity index is 1.74. The fourth-order valence-corrected chi connectivity index (χ4v) is 3.65. The van der Waals surface area contributed by atoms with Gasteiger partial charge in [0.1, 0.15) is 17.8 Å². The Labute approximate surface area is 161 Å². The third kappa shape index (κ3) is 3.07. The number of aromatic nitrogens is 5. The second-order valence-corrected chi connectivity index (χ2v) is 6.78. The number of para-hydroxylation sites is 1. The SMILES string of the molecule is Cc1nn(-c2ccccc2F)c(C)c1C1COCCN1C(=O)c1ncn(C)n1. The number of benzene rings is 1. The summed E-state index contributed by atoms with van der Waals surface area (Å²) in [6.07, 6.45) is 1.50. The molecule has 2 aromatic heterocycles. The summed E-state index contributed by atoms with van der Waals surface area (Å²) in [5, 5.41) is 8.66. The molecule has 1 aromatic carbocycles. The molecular formula is C19H21FN6O2. The van der Waals surface area contributed by atoms with Crippen LogP contribution in [0.25, 0.3) is 5.69 Å². The number of hydrogen-bond acceptors (Lipinski definition) is 5. The number of morpholine rings is 1. The summed E-state index contributed by atoms with van der Waals surface area (Å²) >= 11 is 0. The van der Waals surface area contributed by atoms with Crippen LogP contribution in [0.2, 0.25) is 0 Å². The minimum atomic E-state index is -0.356. The van der Waals surface area contributed by atoms with Crippen LogP contribution in [0.15, 0.2) is 30.6 Å². The number of rotatable bonds is 3. The van der Waals surface area contributed by atoms with Gasteiger partial charge in [-0.25, -0.2) is 14.1 Å². The number of aryl methyl sites for hydroxylation is 2. The Morgan fingerprint density at radius 2 is 2.04 bits per heavy atom. The monoisotopic (exact) mass is 384 g/mol. The summed E-state index contributed by atoms with van der Waals surface area (Å²) in [6.45, 7) is 4.93. The van der Waals surface area contributed by atoms with Crippen molar-refractivity contribution in [2.45, 2.75) is 19.9 Å². The van der Waals surface area contributed by atoms with Crippen molar-refractivity contribution in [3.8, 4) is 5.69 Å². The molecule has 9 heteroatoms. The minimum Gasteiger partial charge on any atom is -0.377 e. The Bertz CT molecular complexity index is 1030. The van der Waals surface area contributed by atoms with Crippen molar-refractivity contribution in [1.29, 1.82) is 0 Å². The predicted octanol–water partition coefficient (Wildman–Crippen LogP) is 1.97. The zero-order valence-corrected chi connectivity index (χ0v) is 16.0. The molecule has 1 amide bonds. The molecule has 0 aliphatic carbocycles. The van der Waals surface area contributed by atoms with Crippen LogP contribution < -0.4 is 0 Å². The first-order valence-electron chi connectivity index (χ1n) is 9.02. The zero-order valence-electron chi connectivity index (χ0n) is 16.0. The average Bonchev–Trinajstić information content (AvgIpc) is 3.25. The van der Waals surface area contributed by atoms with Gasteiger partial charge in [0.05, 0.1) is 24.9 Å². The molecular weight excluding hydrogens is 363 g/mol. The van der Waals surface area contributed by atoms with Gasteiger partial charge < -0.3 is 9.64 Å². The molecule has 28 heavy (non-hydrogen) atoms. The third-order valence-electron chi connectivity index (χ3n) is 4.94. The largest absolute Gasteiger partial charge is 0.377 e. The highest BCUT2D eigenvalue weighted by molar-refractivity contribution is 5.90. The summed E-state index contributed by atoms with van der Waals surface area (Å²) in [4.78, 5) is 18.8. The van der Waals surface area contributed by atoms with Crippen LogP contribution in [0, 0.1) is 19.7 Å². The smallest absolute Gasteiger partial charge is 0.294 e. The number of carbonyl (C=O) groups excluding carboxylic acids is 1. The van der Waals surface area contributed by atoms with Gasteiger partial charge in [0.15, 0.2) is 0 Å². The topological polar surface area (TPSA) is 78.1 Å². The van der Waals surface area contributed by atoms with E-state index >= 15 is 0 Å². The van der Waals surface area contributed by atoms with Crippen LogP contribution in [-0.2, 0) is 11.8 Å². The molecule has 0 bridgehead atoms. The lowest BCUT2D eigenvalue weighted by atomic mass is 10.0. The lowest BCUT2D eigenvalue weighted by Gasteiger charge is -2.35. The molecule has 0 radical (unpaired) electrons. The molecule has 146 valence electrons. The van der Waals surface area contributed by atoms with Gasteiger partial charge in [-0.15, -0.1) is 5.10 Å². The van der Waals surface area contributed by atoms with E-state index < -0.39 is 0 Å². The summed E-state index contributed by atoms with van der Waals surface area (Å²) in [6, 6.07) is 6.14. The highest BCUT2D eigenvalue weighted by Gasteiger charge is 2.34. The van der Waals surface area contributed by atoms with Gasteiger partial charge in [-0.2, -0.15) is 5.10 Å². The second kappa shape index (κ2) is 7.16. The van der Waals surface area contributed by atoms with Gasteiger partial charge in [0.2, 0.25) is 5.82 Å². The molecule has 1 aliphatic heterocycles. The number of amides is 1. The summed E-state index contributed by atoms with van der Waals surface area (Å²) in [5.41, 5.74) is 2.72. The van der Waals surface area contributed by atoms with Crippen molar-refractivity contribution < 1.29 is 13.9 Å². The molecule has 8 nitrogen and oxygen atoms in total. The molecule has 0 N–H and O–H groups in total. The van der Waals surface area contributed by atoms with Gasteiger partial charge in [0, 0.05) is 24.8 Å². The number of ether oxygens (including phenoxy) is 1. The van der Waals surface area contributed by atoms with Crippen LogP contribution in [0.1, 0.15) is 33.6 Å². The van der Waals surface area contributed by atoms with Crippen LogP contribution in [0.4, 0.5) is 4.39 Å². The Hall–Kier alpha value is -3.07. The van der Waals surface area contributed by atoms with Crippen LogP contribution in [-0.4, -0.2) is 55.1 Å². The molecule has 4 rings (SSSR count). The maximum absolute atomic E-state index is 14.3. The zero-order chi connectivity index (χ0) is 19.8. The van der Waals surface area contributed by atoms with Crippen molar-refractivity contribution in [3.63, 3.8) is 0 Å². The van der Waals surface area contributed by atoms with E-state index in [1.54, 1.807) is 34.8 Å². The maximum Gasteiger partial charge on any atom is 0.294 e. The van der Waals surface area contributed by atoms with Gasteiger partial charge in [0.25, 0.3) is 5.91 Å². The molecule has 1 saturated heterocycles. The highest BCUT2D eigenvalue weighted by Crippen LogP contribution is 2.31. The Kier molecular flexibility index (Phi) is 4.68. The Morgan fingerprint density at radius 1 is 1.25 bits per heavy atom. The third-order valence-corrected chi connectivity index (χ3v) is 4.94. The normalized spacial score (nSPS) is 17.1. The predicted molar refractivity (Wildman–Crippen MR) is 98.6 cm³/mol. The summed E-state index contributed by atoms with van der Waals surface area (Å²) in [5.74, 6) is -0.470. The summed E-state index contributed by atoms with van der Waals surface area (Å²) < 4.78 is 23.0. The number of halogens is 1. The first-order valence-corrected chi connectivity index (χ1v) is 9.02. The molecule has 1 aliphatic rings. The second-order valence-electron chi connectivity index (χ2n) is 6.78. The first-order chi connectivity index (χ1) is 13.5. The quantitative estimate of drug-likeness (QED) is 0.690. The standard InChI is InChI=1S/C19H21FN6O2/c1-12-17(13(2)26(22-12)15-7-5-4-6-14(15)20)16-10-28-9-8-25(16)19(27)18-21-11-24(3)23-18/h4-7,11,16H,8-10H2,1-3H3. The summed E-state index contributed by atoms with van der Waals surface area (Å²) in [7, 11) is 1.72. The molecule has 1 unspecified atom stereocenters. The van der Waals surface area contributed by atoms with Gasteiger partial charge in [-0.3, -0.25) is 9.48 Å². The van der Waals surface area contributed by atoms with E-state index in [1.807, 2.05) is 13.8 Å². The van der Waals surface area contributed by atoms with Crippen LogP contribution >= 0.6 is 0 Å². The van der Waals surface area contributed by atoms with E-state index in [-0.39, 0.29) is 23.6 Å². The average molecular weight is 384 g/mol. The molecule has 0 saturated carbocycles. The first kappa shape index (κ1) is 18.3. The van der Waals surface area contributed by atoms with Crippen molar-refractivity contribution in [2.24, 2.45) is 7.05 Å². The van der Waals surface area contributed by atoms with Gasteiger partial charge in [-0.1, -0.05) is 12.1 Å². The van der Waals surface area contributed by atoms with Crippen molar-refractivity contribution in [2.75, 3.05) is 19.8 Å². The van der Waals surface area contributed by atoms with E-state index in [1.165, 1.54) is 17.1 Å². The van der Waals surface area contributed by atoms with Crippen molar-refractivity contribution in [1.82, 2.24) is 29.4 Å². The van der Waals surface area contributed by atoms with Crippen LogP contribution in [0.3, 0.4) is 0 Å². The molecule has 1 fully saturated rings. The fraction of sp³-hybridized carbons (Fsp3) is 0.368. The lowest BCUT2D eigenvalue weighted by molar-refractivity contribution is -0.00368. The molecule has 3 heterocycles. The Morgan fingerprint density at radius 3 is 2.75 bits per heavy atom. The van der Waals surface area contributed by atoms with E-state index in [0.29, 0.717) is 25.4 Å². The van der Waals surface area contributed by atoms with E-state index in [0.717, 1.165) is 17.0 Å². The number of hydrogen-bond donors (Lipinski definition) is 0. The fourth-order valence-electron chi connectivity index (χ4n) is 3.65. The van der Waals surface area contributed by atoms with Crippen molar-refractivity contribution >= 4 is 5.91 Å². The molecule has 3 aromatic rings. The number of nitrogens with zero attached hydrogens (tertiary/aromatic N) is 6. The minimum absolute atomic E-state index is 0.145. The molecule has 1 atom stereocenters. The van der Waals surface area contributed by atoms with Gasteiger partial charge in [-0.05, 0) is 26.0 Å². The van der Waals surface area contributed by atoms with Crippen LogP contribution in [0.5, 0.6) is 0 Å².